The fraction of sp³-hybridized carbons (Fsp3) is 0.455. The van der Waals surface area contributed by atoms with Crippen molar-refractivity contribution >= 4 is 0 Å². The Balaban J connectivity index is 2.49. The summed E-state index contributed by atoms with van der Waals surface area (Å²) < 4.78 is 32.0. The highest BCUT2D eigenvalue weighted by atomic mass is 19.3. The fourth-order valence-corrected chi connectivity index (χ4v) is 1.63. The molecule has 0 atom stereocenters. The molecule has 3 heteroatoms. The Bertz CT molecular complexity index is 347. The number of fused-ring (bicyclic) bond motifs is 1. The SMILES string of the molecule is CCc1ccc2c(c1)C(F)(F)CCO2. The van der Waals surface area contributed by atoms with Gasteiger partial charge in [-0.25, -0.2) is 8.78 Å². The van der Waals surface area contributed by atoms with Crippen molar-refractivity contribution in [3.05, 3.63) is 29.3 Å². The Kier molecular flexibility index (Phi) is 2.17. The summed E-state index contributed by atoms with van der Waals surface area (Å²) in [5.41, 5.74) is 0.969. The molecule has 0 saturated heterocycles. The van der Waals surface area contributed by atoms with Crippen LogP contribution < -0.4 is 4.74 Å². The third kappa shape index (κ3) is 1.47. The molecule has 0 radical (unpaired) electrons. The van der Waals surface area contributed by atoms with Crippen LogP contribution >= 0.6 is 0 Å². The van der Waals surface area contributed by atoms with Crippen molar-refractivity contribution in [2.24, 2.45) is 0 Å². The van der Waals surface area contributed by atoms with Crippen molar-refractivity contribution in [2.45, 2.75) is 25.7 Å². The van der Waals surface area contributed by atoms with E-state index in [-0.39, 0.29) is 18.6 Å². The van der Waals surface area contributed by atoms with Crippen LogP contribution in [0.15, 0.2) is 18.2 Å². The van der Waals surface area contributed by atoms with Crippen molar-refractivity contribution in [1.82, 2.24) is 0 Å². The highest BCUT2D eigenvalue weighted by Crippen LogP contribution is 2.41. The van der Waals surface area contributed by atoms with Crippen molar-refractivity contribution < 1.29 is 13.5 Å². The molecule has 1 aromatic carbocycles. The van der Waals surface area contributed by atoms with Gasteiger partial charge in [-0.2, -0.15) is 0 Å². The molecule has 76 valence electrons. The summed E-state index contributed by atoms with van der Waals surface area (Å²) in [6, 6.07) is 5.02. The Hall–Kier alpha value is -1.12. The first kappa shape index (κ1) is 9.44. The zero-order valence-electron chi connectivity index (χ0n) is 8.02. The van der Waals surface area contributed by atoms with E-state index < -0.39 is 5.92 Å². The third-order valence-corrected chi connectivity index (χ3v) is 2.52. The first-order chi connectivity index (χ1) is 6.63. The number of rotatable bonds is 1. The smallest absolute Gasteiger partial charge is 0.280 e. The molecule has 0 spiro atoms. The summed E-state index contributed by atoms with van der Waals surface area (Å²) in [6.07, 6.45) is 0.552. The predicted octanol–water partition coefficient (Wildman–Crippen LogP) is 3.12. The molecule has 1 aliphatic heterocycles. The molecule has 0 aliphatic carbocycles. The van der Waals surface area contributed by atoms with Gasteiger partial charge in [0.25, 0.3) is 5.92 Å². The van der Waals surface area contributed by atoms with E-state index in [9.17, 15) is 8.78 Å². The number of benzene rings is 1. The van der Waals surface area contributed by atoms with E-state index in [0.717, 1.165) is 12.0 Å². The Morgan fingerprint density at radius 3 is 2.93 bits per heavy atom. The Morgan fingerprint density at radius 2 is 2.21 bits per heavy atom. The first-order valence-electron chi connectivity index (χ1n) is 4.77. The molecular weight excluding hydrogens is 186 g/mol. The lowest BCUT2D eigenvalue weighted by Gasteiger charge is -2.25. The molecule has 0 aromatic heterocycles. The summed E-state index contributed by atoms with van der Waals surface area (Å²) in [5, 5.41) is 0. The quantitative estimate of drug-likeness (QED) is 0.673. The number of alkyl halides is 2. The maximum atomic E-state index is 13.4. The number of hydrogen-bond acceptors (Lipinski definition) is 1. The van der Waals surface area contributed by atoms with Gasteiger partial charge in [-0.3, -0.25) is 0 Å². The number of hydrogen-bond donors (Lipinski definition) is 0. The van der Waals surface area contributed by atoms with Crippen LogP contribution in [0.25, 0.3) is 0 Å². The summed E-state index contributed by atoms with van der Waals surface area (Å²) >= 11 is 0. The van der Waals surface area contributed by atoms with Crippen LogP contribution in [0.3, 0.4) is 0 Å². The molecule has 0 unspecified atom stereocenters. The normalized spacial score (nSPS) is 18.5. The predicted molar refractivity (Wildman–Crippen MR) is 49.8 cm³/mol. The van der Waals surface area contributed by atoms with Crippen molar-refractivity contribution in [3.63, 3.8) is 0 Å². The molecule has 1 aliphatic rings. The second kappa shape index (κ2) is 3.23. The molecule has 0 N–H and O–H groups in total. The summed E-state index contributed by atoms with van der Waals surface area (Å²) in [6.45, 7) is 2.05. The van der Waals surface area contributed by atoms with E-state index in [0.29, 0.717) is 5.75 Å². The Morgan fingerprint density at radius 1 is 1.43 bits per heavy atom. The van der Waals surface area contributed by atoms with Gasteiger partial charge in [0.1, 0.15) is 5.75 Å². The molecule has 0 amide bonds. The standard InChI is InChI=1S/C11H12F2O/c1-2-8-3-4-10-9(7-8)11(12,13)5-6-14-10/h3-4,7H,2,5-6H2,1H3. The van der Waals surface area contributed by atoms with Crippen LogP contribution in [0.1, 0.15) is 24.5 Å². The molecule has 0 bridgehead atoms. The van der Waals surface area contributed by atoms with Crippen LogP contribution in [0, 0.1) is 0 Å². The van der Waals surface area contributed by atoms with Gasteiger partial charge in [-0.15, -0.1) is 0 Å². The van der Waals surface area contributed by atoms with Gasteiger partial charge in [-0.1, -0.05) is 13.0 Å². The van der Waals surface area contributed by atoms with Gasteiger partial charge < -0.3 is 4.74 Å². The van der Waals surface area contributed by atoms with E-state index in [2.05, 4.69) is 0 Å². The second-order valence-corrected chi connectivity index (χ2v) is 3.49. The molecule has 0 saturated carbocycles. The minimum atomic E-state index is -2.72. The molecule has 1 nitrogen and oxygen atoms in total. The van der Waals surface area contributed by atoms with Crippen LogP contribution in [-0.4, -0.2) is 6.61 Å². The zero-order valence-corrected chi connectivity index (χ0v) is 8.02. The van der Waals surface area contributed by atoms with E-state index in [1.807, 2.05) is 13.0 Å². The van der Waals surface area contributed by atoms with Crippen LogP contribution in [0.4, 0.5) is 8.78 Å². The molecule has 0 fully saturated rings. The monoisotopic (exact) mass is 198 g/mol. The van der Waals surface area contributed by atoms with Crippen molar-refractivity contribution in [3.8, 4) is 5.75 Å². The van der Waals surface area contributed by atoms with E-state index in [1.165, 1.54) is 0 Å². The molecule has 2 rings (SSSR count). The van der Waals surface area contributed by atoms with E-state index >= 15 is 0 Å². The van der Waals surface area contributed by atoms with Crippen LogP contribution in [-0.2, 0) is 12.3 Å². The third-order valence-electron chi connectivity index (χ3n) is 2.52. The number of ether oxygens (including phenoxy) is 1. The van der Waals surface area contributed by atoms with Gasteiger partial charge >= 0.3 is 0 Å². The van der Waals surface area contributed by atoms with Crippen LogP contribution in [0.5, 0.6) is 5.75 Å². The number of aryl methyl sites for hydroxylation is 1. The average Bonchev–Trinajstić information content (AvgIpc) is 2.17. The minimum absolute atomic E-state index is 0.0445. The van der Waals surface area contributed by atoms with Gasteiger partial charge in [0, 0.05) is 0 Å². The fourth-order valence-electron chi connectivity index (χ4n) is 1.63. The summed E-state index contributed by atoms with van der Waals surface area (Å²) in [5.74, 6) is -2.39. The lowest BCUT2D eigenvalue weighted by atomic mass is 9.99. The lowest BCUT2D eigenvalue weighted by molar-refractivity contribution is -0.0405. The van der Waals surface area contributed by atoms with Gasteiger partial charge in [-0.05, 0) is 24.1 Å². The van der Waals surface area contributed by atoms with Crippen molar-refractivity contribution in [2.75, 3.05) is 6.61 Å². The maximum absolute atomic E-state index is 13.4. The molecular formula is C11H12F2O. The molecule has 14 heavy (non-hydrogen) atoms. The lowest BCUT2D eigenvalue weighted by Crippen LogP contribution is -2.24. The highest BCUT2D eigenvalue weighted by molar-refractivity contribution is 5.41. The van der Waals surface area contributed by atoms with Crippen LogP contribution in [0.2, 0.25) is 0 Å². The van der Waals surface area contributed by atoms with Gasteiger partial charge in [0.2, 0.25) is 0 Å². The Labute approximate surface area is 81.7 Å². The maximum Gasteiger partial charge on any atom is 0.280 e. The van der Waals surface area contributed by atoms with E-state index in [1.54, 1.807) is 12.1 Å². The van der Waals surface area contributed by atoms with Gasteiger partial charge in [0.05, 0.1) is 18.6 Å². The largest absolute Gasteiger partial charge is 0.493 e. The van der Waals surface area contributed by atoms with Crippen molar-refractivity contribution in [1.29, 1.82) is 0 Å². The summed E-state index contributed by atoms with van der Waals surface area (Å²) in [7, 11) is 0. The molecule has 1 heterocycles. The highest BCUT2D eigenvalue weighted by Gasteiger charge is 2.37. The first-order valence-corrected chi connectivity index (χ1v) is 4.77. The second-order valence-electron chi connectivity index (χ2n) is 3.49. The average molecular weight is 198 g/mol. The molecule has 1 aromatic rings. The topological polar surface area (TPSA) is 9.23 Å². The van der Waals surface area contributed by atoms with Gasteiger partial charge in [0.15, 0.2) is 0 Å². The zero-order chi connectivity index (χ0) is 10.2. The minimum Gasteiger partial charge on any atom is -0.493 e. The van der Waals surface area contributed by atoms with E-state index in [4.69, 9.17) is 4.74 Å². The summed E-state index contributed by atoms with van der Waals surface area (Å²) in [4.78, 5) is 0. The number of halogens is 2.